The van der Waals surface area contributed by atoms with Crippen molar-refractivity contribution in [3.63, 3.8) is 0 Å². The predicted molar refractivity (Wildman–Crippen MR) is 83.3 cm³/mol. The molecule has 3 nitrogen and oxygen atoms in total. The van der Waals surface area contributed by atoms with Crippen LogP contribution in [0.1, 0.15) is 18.9 Å². The highest BCUT2D eigenvalue weighted by Crippen LogP contribution is 2.24. The van der Waals surface area contributed by atoms with E-state index in [4.69, 9.17) is 11.6 Å². The number of aromatic nitrogens is 2. The fraction of sp³-hybridized carbons (Fsp3) is 0.308. The van der Waals surface area contributed by atoms with Crippen LogP contribution >= 0.6 is 34.2 Å². The van der Waals surface area contributed by atoms with Crippen molar-refractivity contribution in [2.75, 3.05) is 6.54 Å². The van der Waals surface area contributed by atoms with Gasteiger partial charge in [0.25, 0.3) is 0 Å². The van der Waals surface area contributed by atoms with Gasteiger partial charge in [0.2, 0.25) is 0 Å². The number of nitrogens with one attached hydrogen (secondary N) is 1. The molecule has 1 N–H and O–H groups in total. The van der Waals surface area contributed by atoms with Crippen LogP contribution in [-0.4, -0.2) is 16.3 Å². The Kier molecular flexibility index (Phi) is 5.03. The molecular formula is C13H15ClIN3. The molecule has 0 bridgehead atoms. The van der Waals surface area contributed by atoms with Crippen molar-refractivity contribution in [1.29, 1.82) is 0 Å². The van der Waals surface area contributed by atoms with Gasteiger partial charge in [-0.3, -0.25) is 0 Å². The lowest BCUT2D eigenvalue weighted by Crippen LogP contribution is -2.15. The largest absolute Gasteiger partial charge is 0.313 e. The van der Waals surface area contributed by atoms with Crippen LogP contribution in [-0.2, 0) is 6.54 Å². The Bertz CT molecular complexity index is 525. The lowest BCUT2D eigenvalue weighted by atomic mass is 10.1. The van der Waals surface area contributed by atoms with Crippen molar-refractivity contribution < 1.29 is 0 Å². The van der Waals surface area contributed by atoms with E-state index in [0.29, 0.717) is 0 Å². The molecule has 1 aromatic heterocycles. The molecular weight excluding hydrogens is 361 g/mol. The molecule has 18 heavy (non-hydrogen) atoms. The van der Waals surface area contributed by atoms with Gasteiger partial charge in [0.15, 0.2) is 0 Å². The summed E-state index contributed by atoms with van der Waals surface area (Å²) in [6.45, 7) is 3.96. The van der Waals surface area contributed by atoms with E-state index in [1.54, 1.807) is 0 Å². The third-order valence-electron chi connectivity index (χ3n) is 2.59. The molecule has 0 aliphatic heterocycles. The Hall–Kier alpha value is -0.590. The summed E-state index contributed by atoms with van der Waals surface area (Å²) in [5.74, 6) is 0. The zero-order chi connectivity index (χ0) is 13.0. The third-order valence-corrected chi connectivity index (χ3v) is 3.45. The van der Waals surface area contributed by atoms with Gasteiger partial charge in [-0.05, 0) is 47.2 Å². The van der Waals surface area contributed by atoms with E-state index in [0.717, 1.165) is 39.4 Å². The molecule has 0 amide bonds. The van der Waals surface area contributed by atoms with Crippen LogP contribution in [0.4, 0.5) is 0 Å². The lowest BCUT2D eigenvalue weighted by Gasteiger charge is -2.12. The number of nitrogens with zero attached hydrogens (tertiary/aromatic N) is 2. The first-order chi connectivity index (χ1) is 8.72. The van der Waals surface area contributed by atoms with E-state index >= 15 is 0 Å². The number of rotatable bonds is 5. The Morgan fingerprint density at radius 1 is 1.44 bits per heavy atom. The van der Waals surface area contributed by atoms with Crippen LogP contribution in [0.15, 0.2) is 30.6 Å². The monoisotopic (exact) mass is 375 g/mol. The summed E-state index contributed by atoms with van der Waals surface area (Å²) in [6.07, 6.45) is 4.92. The highest BCUT2D eigenvalue weighted by Gasteiger charge is 2.10. The summed E-state index contributed by atoms with van der Waals surface area (Å²) in [5.41, 5.74) is 2.13. The van der Waals surface area contributed by atoms with Crippen molar-refractivity contribution in [2.24, 2.45) is 0 Å². The Morgan fingerprint density at radius 3 is 2.94 bits per heavy atom. The van der Waals surface area contributed by atoms with Crippen molar-refractivity contribution in [3.05, 3.63) is 44.7 Å². The molecule has 5 heteroatoms. The fourth-order valence-electron chi connectivity index (χ4n) is 1.78. The molecule has 0 saturated heterocycles. The number of halogens is 2. The van der Waals surface area contributed by atoms with Gasteiger partial charge in [0, 0.05) is 12.7 Å². The zero-order valence-electron chi connectivity index (χ0n) is 10.2. The Morgan fingerprint density at radius 2 is 2.28 bits per heavy atom. The second-order valence-corrected chi connectivity index (χ2v) is 5.68. The highest BCUT2D eigenvalue weighted by atomic mass is 127. The van der Waals surface area contributed by atoms with E-state index in [9.17, 15) is 0 Å². The van der Waals surface area contributed by atoms with Gasteiger partial charge in [-0.25, -0.2) is 4.68 Å². The van der Waals surface area contributed by atoms with E-state index in [1.165, 1.54) is 0 Å². The second kappa shape index (κ2) is 6.54. The van der Waals surface area contributed by atoms with Gasteiger partial charge in [0.05, 0.1) is 20.5 Å². The van der Waals surface area contributed by atoms with Crippen LogP contribution in [0, 0.1) is 3.57 Å². The van der Waals surface area contributed by atoms with Gasteiger partial charge in [-0.1, -0.05) is 30.7 Å². The van der Waals surface area contributed by atoms with E-state index in [1.807, 2.05) is 29.2 Å². The zero-order valence-corrected chi connectivity index (χ0v) is 13.1. The number of hydrogen-bond acceptors (Lipinski definition) is 2. The van der Waals surface area contributed by atoms with E-state index in [2.05, 4.69) is 46.0 Å². The lowest BCUT2D eigenvalue weighted by molar-refractivity contribution is 0.670. The second-order valence-electron chi connectivity index (χ2n) is 4.03. The number of para-hydroxylation sites is 1. The SMILES string of the molecule is CCCNCc1cccc(Cl)c1-n1cc(I)cn1. The molecule has 0 radical (unpaired) electrons. The fourth-order valence-corrected chi connectivity index (χ4v) is 2.45. The van der Waals surface area contributed by atoms with Gasteiger partial charge in [-0.15, -0.1) is 0 Å². The van der Waals surface area contributed by atoms with Gasteiger partial charge in [0.1, 0.15) is 0 Å². The minimum absolute atomic E-state index is 0.727. The predicted octanol–water partition coefficient (Wildman–Crippen LogP) is 3.63. The molecule has 0 saturated carbocycles. The first-order valence-corrected chi connectivity index (χ1v) is 7.36. The average molecular weight is 376 g/mol. The van der Waals surface area contributed by atoms with Crippen LogP contribution < -0.4 is 5.32 Å². The molecule has 0 spiro atoms. The van der Waals surface area contributed by atoms with Crippen molar-refractivity contribution >= 4 is 34.2 Å². The molecule has 2 rings (SSSR count). The van der Waals surface area contributed by atoms with Crippen molar-refractivity contribution in [1.82, 2.24) is 15.1 Å². The maximum atomic E-state index is 6.29. The average Bonchev–Trinajstić information content (AvgIpc) is 2.76. The summed E-state index contributed by atoms with van der Waals surface area (Å²) in [6, 6.07) is 5.95. The molecule has 2 aromatic rings. The molecule has 0 unspecified atom stereocenters. The molecule has 1 aromatic carbocycles. The number of hydrogen-bond donors (Lipinski definition) is 1. The molecule has 0 atom stereocenters. The van der Waals surface area contributed by atoms with Gasteiger partial charge >= 0.3 is 0 Å². The smallest absolute Gasteiger partial charge is 0.0877 e. The highest BCUT2D eigenvalue weighted by molar-refractivity contribution is 14.1. The summed E-state index contributed by atoms with van der Waals surface area (Å²) in [7, 11) is 0. The maximum Gasteiger partial charge on any atom is 0.0877 e. The van der Waals surface area contributed by atoms with Gasteiger partial charge < -0.3 is 5.32 Å². The summed E-state index contributed by atoms with van der Waals surface area (Å²) >= 11 is 8.54. The van der Waals surface area contributed by atoms with Gasteiger partial charge in [-0.2, -0.15) is 5.10 Å². The quantitative estimate of drug-likeness (QED) is 0.639. The standard InChI is InChI=1S/C13H15ClIN3/c1-2-6-16-7-10-4-3-5-12(14)13(10)18-9-11(15)8-17-18/h3-5,8-9,16H,2,6-7H2,1H3. The topological polar surface area (TPSA) is 29.9 Å². The first kappa shape index (κ1) is 13.8. The minimum Gasteiger partial charge on any atom is -0.313 e. The minimum atomic E-state index is 0.727. The molecule has 1 heterocycles. The van der Waals surface area contributed by atoms with Crippen LogP contribution in [0.5, 0.6) is 0 Å². The summed E-state index contributed by atoms with van der Waals surface area (Å²) in [5, 5.41) is 8.45. The number of benzene rings is 1. The Labute approximate surface area is 126 Å². The van der Waals surface area contributed by atoms with Crippen LogP contribution in [0.25, 0.3) is 5.69 Å². The summed E-state index contributed by atoms with van der Waals surface area (Å²) < 4.78 is 2.94. The summed E-state index contributed by atoms with van der Waals surface area (Å²) in [4.78, 5) is 0. The van der Waals surface area contributed by atoms with Crippen molar-refractivity contribution in [3.8, 4) is 5.69 Å². The van der Waals surface area contributed by atoms with Crippen molar-refractivity contribution in [2.45, 2.75) is 19.9 Å². The normalized spacial score (nSPS) is 10.8. The van der Waals surface area contributed by atoms with Crippen LogP contribution in [0.2, 0.25) is 5.02 Å². The van der Waals surface area contributed by atoms with E-state index in [-0.39, 0.29) is 0 Å². The molecule has 0 aliphatic rings. The Balaban J connectivity index is 2.32. The van der Waals surface area contributed by atoms with E-state index < -0.39 is 0 Å². The first-order valence-electron chi connectivity index (χ1n) is 5.91. The van der Waals surface area contributed by atoms with Crippen LogP contribution in [0.3, 0.4) is 0 Å². The molecule has 0 fully saturated rings. The maximum absolute atomic E-state index is 6.29. The molecule has 96 valence electrons. The molecule has 0 aliphatic carbocycles. The third kappa shape index (κ3) is 3.24.